The molecule has 0 saturated carbocycles. The summed E-state index contributed by atoms with van der Waals surface area (Å²) >= 11 is 1.10. The molecule has 0 unspecified atom stereocenters. The Balaban J connectivity index is 1.41. The number of quaternary nitrogens is 1. The number of hydrogen-bond donors (Lipinski definition) is 0. The third-order valence-corrected chi connectivity index (χ3v) is 11.7. The summed E-state index contributed by atoms with van der Waals surface area (Å²) in [5.74, 6) is -3.82. The number of carboxylic acids is 1. The lowest BCUT2D eigenvalue weighted by atomic mass is 9.80. The minimum atomic E-state index is -3.81. The molecule has 14 heteroatoms. The number of rotatable bonds is 9. The summed E-state index contributed by atoms with van der Waals surface area (Å²) in [6.45, 7) is 0.822. The van der Waals surface area contributed by atoms with Crippen LogP contribution in [0, 0.1) is 17.0 Å². The van der Waals surface area contributed by atoms with Crippen molar-refractivity contribution in [3.05, 3.63) is 58.5 Å². The molecule has 1 aromatic heterocycles. The summed E-state index contributed by atoms with van der Waals surface area (Å²) in [6.07, 6.45) is 0.640. The first kappa shape index (κ1) is 32.9. The lowest BCUT2D eigenvalue weighted by Gasteiger charge is -2.39. The highest BCUT2D eigenvalue weighted by atomic mass is 32.2. The molecule has 2 aliphatic rings. The van der Waals surface area contributed by atoms with Gasteiger partial charge >= 0.3 is 0 Å². The summed E-state index contributed by atoms with van der Waals surface area (Å²) < 4.78 is 63.0. The normalized spacial score (nSPS) is 17.2. The van der Waals surface area contributed by atoms with Crippen LogP contribution in [0.5, 0.6) is 5.75 Å². The van der Waals surface area contributed by atoms with Crippen molar-refractivity contribution in [3.8, 4) is 17.0 Å². The molecule has 0 radical (unpaired) electrons. The molecule has 1 fully saturated rings. The van der Waals surface area contributed by atoms with Crippen LogP contribution in [-0.4, -0.2) is 88.5 Å². The maximum absolute atomic E-state index is 13.9. The molecule has 1 aliphatic heterocycles. The minimum absolute atomic E-state index is 0.0945. The van der Waals surface area contributed by atoms with Crippen molar-refractivity contribution >= 4 is 38.4 Å². The van der Waals surface area contributed by atoms with Crippen LogP contribution in [0.15, 0.2) is 40.6 Å². The summed E-state index contributed by atoms with van der Waals surface area (Å²) in [7, 11) is 5.42. The highest BCUT2D eigenvalue weighted by Gasteiger charge is 2.46. The first-order valence-electron chi connectivity index (χ1n) is 14.5. The van der Waals surface area contributed by atoms with Gasteiger partial charge in [-0.15, -0.1) is 11.3 Å². The van der Waals surface area contributed by atoms with E-state index < -0.39 is 45.4 Å². The van der Waals surface area contributed by atoms with Gasteiger partial charge < -0.3 is 19.1 Å². The Labute approximate surface area is 265 Å². The third kappa shape index (κ3) is 6.33. The fourth-order valence-electron chi connectivity index (χ4n) is 6.42. The number of benzene rings is 2. The van der Waals surface area contributed by atoms with Crippen LogP contribution in [0.25, 0.3) is 11.3 Å². The number of aromatic nitrogens is 1. The van der Waals surface area contributed by atoms with Crippen LogP contribution in [0.2, 0.25) is 0 Å². The first-order valence-corrected chi connectivity index (χ1v) is 16.8. The zero-order valence-corrected chi connectivity index (χ0v) is 27.4. The standard InChI is InChI=1S/C31H36F2N4O6S2/c1-35(29(40)31(17-28(38)39)15-19-12-24(32)25(33)13-20(19)16-31)30-34-26(18-44-30)23-14-22(6-7-27(23)43-5)45(41,42)36-10-8-21(9-11-36)37(2,3)4/h6-7,12-14,18,21H,8-11,15-17H2,1-5H3. The minimum Gasteiger partial charge on any atom is -0.550 e. The Bertz CT molecular complexity index is 1720. The molecule has 0 N–H and O–H groups in total. The summed E-state index contributed by atoms with van der Waals surface area (Å²) in [4.78, 5) is 31.5. The van der Waals surface area contributed by atoms with Crippen molar-refractivity contribution in [2.24, 2.45) is 5.41 Å². The molecule has 3 aromatic rings. The van der Waals surface area contributed by atoms with E-state index in [1.165, 1.54) is 35.5 Å². The van der Waals surface area contributed by atoms with Gasteiger partial charge in [-0.3, -0.25) is 9.69 Å². The number of hydrogen-bond acceptors (Lipinski definition) is 8. The fraction of sp³-hybridized carbons (Fsp3) is 0.452. The van der Waals surface area contributed by atoms with Gasteiger partial charge in [-0.25, -0.2) is 22.2 Å². The molecule has 10 nitrogen and oxygen atoms in total. The van der Waals surface area contributed by atoms with E-state index in [2.05, 4.69) is 26.1 Å². The molecule has 45 heavy (non-hydrogen) atoms. The zero-order valence-electron chi connectivity index (χ0n) is 25.8. The monoisotopic (exact) mass is 662 g/mol. The van der Waals surface area contributed by atoms with E-state index in [4.69, 9.17) is 4.74 Å². The molecular formula is C31H36F2N4O6S2. The number of carboxylic acid groups (broad SMARTS) is 1. The number of sulfonamides is 1. The maximum Gasteiger partial charge on any atom is 0.243 e. The maximum atomic E-state index is 13.9. The quantitative estimate of drug-likeness (QED) is 0.324. The number of thiazole rings is 1. The number of methoxy groups -OCH3 is 1. The predicted octanol–water partition coefficient (Wildman–Crippen LogP) is 2.84. The molecule has 242 valence electrons. The first-order chi connectivity index (χ1) is 21.1. The van der Waals surface area contributed by atoms with Gasteiger partial charge in [-0.05, 0) is 54.3 Å². The largest absolute Gasteiger partial charge is 0.550 e. The van der Waals surface area contributed by atoms with Crippen molar-refractivity contribution in [1.82, 2.24) is 9.29 Å². The highest BCUT2D eigenvalue weighted by Crippen LogP contribution is 2.43. The molecule has 0 spiro atoms. The van der Waals surface area contributed by atoms with Gasteiger partial charge in [-0.2, -0.15) is 4.31 Å². The molecule has 1 aliphatic carbocycles. The molecule has 0 bridgehead atoms. The topological polar surface area (TPSA) is 120 Å². The van der Waals surface area contributed by atoms with Crippen molar-refractivity contribution in [2.75, 3.05) is 53.3 Å². The van der Waals surface area contributed by atoms with Crippen LogP contribution >= 0.6 is 11.3 Å². The number of aliphatic carboxylic acids is 1. The van der Waals surface area contributed by atoms with Gasteiger partial charge in [0.2, 0.25) is 15.9 Å². The number of nitrogens with zero attached hydrogens (tertiary/aromatic N) is 4. The van der Waals surface area contributed by atoms with E-state index in [0.717, 1.165) is 40.8 Å². The van der Waals surface area contributed by atoms with E-state index >= 15 is 0 Å². The molecular weight excluding hydrogens is 626 g/mol. The molecule has 2 aromatic carbocycles. The summed E-state index contributed by atoms with van der Waals surface area (Å²) in [6, 6.07) is 6.93. The third-order valence-electron chi connectivity index (χ3n) is 8.92. The number of fused-ring (bicyclic) bond motifs is 1. The highest BCUT2D eigenvalue weighted by molar-refractivity contribution is 7.89. The molecule has 2 heterocycles. The van der Waals surface area contributed by atoms with Gasteiger partial charge in [0, 0.05) is 56.3 Å². The number of piperidine rings is 1. The lowest BCUT2D eigenvalue weighted by Crippen LogP contribution is -2.52. The fourth-order valence-corrected chi connectivity index (χ4v) is 8.70. The second-order valence-corrected chi connectivity index (χ2v) is 15.5. The Morgan fingerprint density at radius 2 is 1.71 bits per heavy atom. The smallest absolute Gasteiger partial charge is 0.243 e. The number of carbonyl (C=O) groups is 2. The number of carbonyl (C=O) groups excluding carboxylic acids is 2. The average molecular weight is 663 g/mol. The van der Waals surface area contributed by atoms with Crippen LogP contribution < -0.4 is 14.7 Å². The number of halogens is 2. The summed E-state index contributed by atoms with van der Waals surface area (Å²) in [5, 5.41) is 13.6. The van der Waals surface area contributed by atoms with Crippen LogP contribution in [0.4, 0.5) is 13.9 Å². The lowest BCUT2D eigenvalue weighted by molar-refractivity contribution is -0.897. The van der Waals surface area contributed by atoms with Gasteiger partial charge in [0.05, 0.1) is 50.3 Å². The second-order valence-electron chi connectivity index (χ2n) is 12.7. The van der Waals surface area contributed by atoms with Gasteiger partial charge in [-0.1, -0.05) is 0 Å². The molecule has 1 saturated heterocycles. The number of ether oxygens (including phenoxy) is 1. The Morgan fingerprint density at radius 3 is 2.24 bits per heavy atom. The van der Waals surface area contributed by atoms with Gasteiger partial charge in [0.15, 0.2) is 16.8 Å². The van der Waals surface area contributed by atoms with E-state index in [-0.39, 0.29) is 22.9 Å². The van der Waals surface area contributed by atoms with Gasteiger partial charge in [0.25, 0.3) is 0 Å². The second kappa shape index (κ2) is 12.0. The van der Waals surface area contributed by atoms with E-state index in [1.54, 1.807) is 11.4 Å². The van der Waals surface area contributed by atoms with Crippen molar-refractivity contribution in [3.63, 3.8) is 0 Å². The molecule has 0 atom stereocenters. The SMILES string of the molecule is COc1ccc(S(=O)(=O)N2CCC([N+](C)(C)C)CC2)cc1-c1csc(N(C)C(=O)C2(CC(=O)[O-])Cc3cc(F)c(F)cc3C2)n1. The predicted molar refractivity (Wildman–Crippen MR) is 163 cm³/mol. The van der Waals surface area contributed by atoms with Crippen molar-refractivity contribution in [1.29, 1.82) is 0 Å². The van der Waals surface area contributed by atoms with E-state index in [0.29, 0.717) is 47.3 Å². The van der Waals surface area contributed by atoms with Crippen LogP contribution in [-0.2, 0) is 32.5 Å². The van der Waals surface area contributed by atoms with Crippen molar-refractivity contribution in [2.45, 2.75) is 43.0 Å². The van der Waals surface area contributed by atoms with E-state index in [1.807, 2.05) is 0 Å². The molecule has 5 rings (SSSR count). The van der Waals surface area contributed by atoms with E-state index in [9.17, 15) is 31.9 Å². The Kier molecular flexibility index (Phi) is 8.81. The van der Waals surface area contributed by atoms with Gasteiger partial charge in [0.1, 0.15) is 5.75 Å². The molecule has 1 amide bonds. The summed E-state index contributed by atoms with van der Waals surface area (Å²) in [5.41, 5.74) is -0.0261. The number of amides is 1. The average Bonchev–Trinajstić information content (AvgIpc) is 3.61. The Hall–Kier alpha value is -3.46. The number of anilines is 1. The zero-order chi connectivity index (χ0) is 32.9. The van der Waals surface area contributed by atoms with Crippen LogP contribution in [0.3, 0.4) is 0 Å². The van der Waals surface area contributed by atoms with Crippen molar-refractivity contribution < 1.29 is 41.1 Å². The van der Waals surface area contributed by atoms with Crippen LogP contribution in [0.1, 0.15) is 30.4 Å². The Morgan fingerprint density at radius 1 is 1.11 bits per heavy atom.